The average molecular weight is 599 g/mol. The van der Waals surface area contributed by atoms with Crippen molar-refractivity contribution >= 4 is 139 Å². The van der Waals surface area contributed by atoms with Crippen molar-refractivity contribution in [2.24, 2.45) is 0 Å². The van der Waals surface area contributed by atoms with Gasteiger partial charge in [-0.15, -0.1) is 94.1 Å². The van der Waals surface area contributed by atoms with E-state index in [0.717, 1.165) is 0 Å². The van der Waals surface area contributed by atoms with Gasteiger partial charge in [0.2, 0.25) is 0 Å². The van der Waals surface area contributed by atoms with E-state index >= 15 is 0 Å². The smallest absolute Gasteiger partial charge is 0.116 e. The molecule has 0 aromatic heterocycles. The van der Waals surface area contributed by atoms with Crippen molar-refractivity contribution in [1.82, 2.24) is 0 Å². The summed E-state index contributed by atoms with van der Waals surface area (Å²) < 4.78 is 2.52. The molecule has 8 heterocycles. The van der Waals surface area contributed by atoms with Crippen LogP contribution in [0.15, 0.2) is 0 Å². The van der Waals surface area contributed by atoms with Gasteiger partial charge in [0.05, 0.1) is 16.3 Å². The second kappa shape index (κ2) is 6.49. The van der Waals surface area contributed by atoms with Crippen LogP contribution in [0.5, 0.6) is 0 Å². The molecule has 0 radical (unpaired) electrons. The van der Waals surface area contributed by atoms with Crippen LogP contribution in [0.1, 0.15) is 54.4 Å². The van der Waals surface area contributed by atoms with E-state index in [1.54, 1.807) is 0 Å². The zero-order valence-corrected chi connectivity index (χ0v) is 26.1. The van der Waals surface area contributed by atoms with Gasteiger partial charge in [-0.2, -0.15) is 0 Å². The van der Waals surface area contributed by atoms with Crippen molar-refractivity contribution in [1.29, 1.82) is 0 Å². The first kappa shape index (κ1) is 22.7. The molecule has 8 atom stereocenters. The van der Waals surface area contributed by atoms with Crippen LogP contribution in [0.25, 0.3) is 0 Å². The minimum Gasteiger partial charge on any atom is -0.116 e. The Labute approximate surface area is 219 Å². The van der Waals surface area contributed by atoms with Crippen LogP contribution in [-0.2, 0) is 0 Å². The first-order chi connectivity index (χ1) is 12.7. The molecule has 0 amide bonds. The van der Waals surface area contributed by atoms with E-state index in [9.17, 15) is 0 Å². The van der Waals surface area contributed by atoms with Gasteiger partial charge < -0.3 is 0 Å². The van der Waals surface area contributed by atoms with Crippen LogP contribution in [0.2, 0.25) is 0 Å². The van der Waals surface area contributed by atoms with E-state index in [1.165, 1.54) is 12.8 Å². The van der Waals surface area contributed by atoms with E-state index < -0.39 is 0 Å². The fourth-order valence-electron chi connectivity index (χ4n) is 5.07. The summed E-state index contributed by atoms with van der Waals surface area (Å²) >= 11 is 22.4. The maximum atomic E-state index is 2.51. The van der Waals surface area contributed by atoms with Crippen molar-refractivity contribution in [3.63, 3.8) is 0 Å². The molecule has 0 N–H and O–H groups in total. The molecule has 0 aromatic carbocycles. The SMILES string of the molecule is CC12SC3(SSC45SC6(C)S[C@](C)(C[C@](C)(S6)S4)S5)S[C@@](C)(C[C@](C)(S1)S3)S2. The van der Waals surface area contributed by atoms with Crippen LogP contribution >= 0.6 is 139 Å². The van der Waals surface area contributed by atoms with Crippen molar-refractivity contribution in [3.05, 3.63) is 0 Å². The van der Waals surface area contributed by atoms with Gasteiger partial charge in [-0.1, -0.05) is 45.1 Å². The summed E-state index contributed by atoms with van der Waals surface area (Å²) in [5.74, 6) is 0. The number of hydrogen-bond donors (Lipinski definition) is 0. The van der Waals surface area contributed by atoms with Crippen LogP contribution in [0.3, 0.4) is 0 Å². The average Bonchev–Trinajstić information content (AvgIpc) is 2.34. The van der Waals surface area contributed by atoms with Crippen molar-refractivity contribution < 1.29 is 0 Å². The lowest BCUT2D eigenvalue weighted by atomic mass is 10.2. The molecular weight excluding hydrogens is 577 g/mol. The summed E-state index contributed by atoms with van der Waals surface area (Å²) in [5.41, 5.74) is 0. The largest absolute Gasteiger partial charge is 0.168 e. The Morgan fingerprint density at radius 3 is 0.964 bits per heavy atom. The molecule has 8 bridgehead atoms. The first-order valence-electron chi connectivity index (χ1n) is 9.07. The molecule has 12 heteroatoms. The Morgan fingerprint density at radius 2 is 0.714 bits per heavy atom. The summed E-state index contributed by atoms with van der Waals surface area (Å²) in [6.45, 7) is 15.0. The summed E-state index contributed by atoms with van der Waals surface area (Å²) in [6, 6.07) is 0. The molecule has 8 aliphatic rings. The van der Waals surface area contributed by atoms with Gasteiger partial charge in [-0.25, -0.2) is 0 Å². The van der Waals surface area contributed by atoms with E-state index in [4.69, 9.17) is 0 Å². The van der Waals surface area contributed by atoms with Gasteiger partial charge in [0.25, 0.3) is 0 Å². The normalized spacial score (nSPS) is 66.6. The lowest BCUT2D eigenvalue weighted by Crippen LogP contribution is -2.54. The van der Waals surface area contributed by atoms with E-state index in [0.29, 0.717) is 23.1 Å². The zero-order chi connectivity index (χ0) is 19.9. The third-order valence-corrected chi connectivity index (χ3v) is 28.6. The lowest BCUT2D eigenvalue weighted by Gasteiger charge is -2.67. The second-order valence-electron chi connectivity index (χ2n) is 8.80. The van der Waals surface area contributed by atoms with E-state index in [-0.39, 0.29) is 5.49 Å². The van der Waals surface area contributed by atoms with Gasteiger partial charge in [0.15, 0.2) is 5.49 Å². The second-order valence-corrected chi connectivity index (χ2v) is 34.9. The van der Waals surface area contributed by atoms with Crippen molar-refractivity contribution in [2.45, 2.75) is 83.0 Å². The highest BCUT2D eigenvalue weighted by Gasteiger charge is 2.71. The highest BCUT2D eigenvalue weighted by Crippen LogP contribution is 2.92. The molecule has 28 heavy (non-hydrogen) atoms. The quantitative estimate of drug-likeness (QED) is 0.284. The molecule has 0 aromatic rings. The standard InChI is InChI=1S/C16H22S12/c1-9-7-10(2)18-13(5,17-9)25-15(21-9,22-10)27-28-16-23-11(3)8-12(4,24-16)20-14(6,19-11)26-16/h7-8H2,1-6H3/t9-,10+,11-,12+,13?,14?,15?,16?. The fourth-order valence-corrected chi connectivity index (χ4v) is 46.9. The minimum atomic E-state index is 0.228. The minimum absolute atomic E-state index is 0.228. The molecule has 0 spiro atoms. The van der Waals surface area contributed by atoms with Crippen LogP contribution < -0.4 is 0 Å². The summed E-state index contributed by atoms with van der Waals surface area (Å²) in [6.07, 6.45) is 2.64. The van der Waals surface area contributed by atoms with E-state index in [2.05, 4.69) is 181 Å². The Morgan fingerprint density at radius 1 is 0.429 bits per heavy atom. The molecular formula is C16H22S12. The molecule has 8 rings (SSSR count). The monoisotopic (exact) mass is 598 g/mol. The predicted molar refractivity (Wildman–Crippen MR) is 156 cm³/mol. The maximum Gasteiger partial charge on any atom is 0.168 e. The zero-order valence-electron chi connectivity index (χ0n) is 16.3. The molecule has 0 aliphatic carbocycles. The number of rotatable bonds is 3. The van der Waals surface area contributed by atoms with Gasteiger partial charge in [-0.3, -0.25) is 0 Å². The Hall–Kier alpha value is 4.20. The molecule has 8 fully saturated rings. The maximum absolute atomic E-state index is 2.51. The van der Waals surface area contributed by atoms with Gasteiger partial charge >= 0.3 is 0 Å². The van der Waals surface area contributed by atoms with Crippen LogP contribution in [-0.4, -0.2) is 28.6 Å². The van der Waals surface area contributed by atoms with Gasteiger partial charge in [-0.05, 0) is 54.4 Å². The molecule has 0 nitrogen and oxygen atoms in total. The summed E-state index contributed by atoms with van der Waals surface area (Å²) in [7, 11) is 4.42. The summed E-state index contributed by atoms with van der Waals surface area (Å²) in [5, 5.41) is 0. The highest BCUT2D eigenvalue weighted by molar-refractivity contribution is 8.91. The molecule has 8 aliphatic heterocycles. The fraction of sp³-hybridized carbons (Fsp3) is 1.00. The Balaban J connectivity index is 1.29. The topological polar surface area (TPSA) is 0 Å². The van der Waals surface area contributed by atoms with Gasteiger partial charge in [0, 0.05) is 0 Å². The van der Waals surface area contributed by atoms with Crippen LogP contribution in [0.4, 0.5) is 0 Å². The molecule has 158 valence electrons. The Kier molecular flexibility index (Phi) is 5.25. The third-order valence-electron chi connectivity index (χ3n) is 5.12. The van der Waals surface area contributed by atoms with Crippen LogP contribution in [0, 0.1) is 0 Å². The highest BCUT2D eigenvalue weighted by atomic mass is 33.1. The molecule has 0 saturated carbocycles. The van der Waals surface area contributed by atoms with Crippen molar-refractivity contribution in [2.75, 3.05) is 0 Å². The summed E-state index contributed by atoms with van der Waals surface area (Å²) in [4.78, 5) is 0. The number of thioether (sulfide) groups is 10. The first-order valence-corrected chi connectivity index (χ1v) is 19.4. The van der Waals surface area contributed by atoms with Crippen molar-refractivity contribution in [3.8, 4) is 0 Å². The van der Waals surface area contributed by atoms with Gasteiger partial charge in [0.1, 0.15) is 6.82 Å². The third kappa shape index (κ3) is 3.72. The molecule has 4 unspecified atom stereocenters. The predicted octanol–water partition coefficient (Wildman–Crippen LogP) is 10.00. The Bertz CT molecular complexity index is 585. The molecule has 8 saturated heterocycles. The number of hydrogen-bond acceptors (Lipinski definition) is 12. The van der Waals surface area contributed by atoms with E-state index in [1.807, 2.05) is 0 Å². The lowest BCUT2D eigenvalue weighted by molar-refractivity contribution is 0.700.